The molecule has 0 unspecified atom stereocenters. The summed E-state index contributed by atoms with van der Waals surface area (Å²) in [5.74, 6) is -0.159. The molecule has 1 fully saturated rings. The zero-order valence-electron chi connectivity index (χ0n) is 7.97. The summed E-state index contributed by atoms with van der Waals surface area (Å²) in [5, 5.41) is 0. The maximum atomic E-state index is 13.1. The standard InChI is InChI=1S/C11H13BrFN/c12-10-5-9(6-11(13)7-10)8-14-3-1-2-4-14/h5-7H,1-4,8H2. The van der Waals surface area contributed by atoms with Gasteiger partial charge in [0.25, 0.3) is 0 Å². The molecule has 0 amide bonds. The second-order valence-corrected chi connectivity index (χ2v) is 4.68. The fourth-order valence-electron chi connectivity index (χ4n) is 1.90. The van der Waals surface area contributed by atoms with Crippen LogP contribution in [0.5, 0.6) is 0 Å². The number of nitrogens with zero attached hydrogens (tertiary/aromatic N) is 1. The van der Waals surface area contributed by atoms with Crippen molar-refractivity contribution in [2.75, 3.05) is 13.1 Å². The molecule has 0 bridgehead atoms. The van der Waals surface area contributed by atoms with E-state index in [0.717, 1.165) is 29.7 Å². The minimum absolute atomic E-state index is 0.159. The molecule has 0 atom stereocenters. The van der Waals surface area contributed by atoms with Gasteiger partial charge < -0.3 is 0 Å². The molecule has 76 valence electrons. The second kappa shape index (κ2) is 4.41. The smallest absolute Gasteiger partial charge is 0.124 e. The molecule has 1 aromatic rings. The Morgan fingerprint density at radius 1 is 1.21 bits per heavy atom. The zero-order chi connectivity index (χ0) is 9.97. The van der Waals surface area contributed by atoms with Gasteiger partial charge in [0.05, 0.1) is 0 Å². The van der Waals surface area contributed by atoms with Crippen molar-refractivity contribution in [3.05, 3.63) is 34.1 Å². The van der Waals surface area contributed by atoms with Gasteiger partial charge in [0, 0.05) is 11.0 Å². The van der Waals surface area contributed by atoms with Crippen molar-refractivity contribution >= 4 is 15.9 Å². The Bertz CT molecular complexity index is 301. The fraction of sp³-hybridized carbons (Fsp3) is 0.455. The first-order chi connectivity index (χ1) is 6.74. The molecule has 1 aliphatic rings. The predicted molar refractivity (Wildman–Crippen MR) is 58.6 cm³/mol. The lowest BCUT2D eigenvalue weighted by Gasteiger charge is -2.14. The molecule has 0 aliphatic carbocycles. The van der Waals surface area contributed by atoms with Crippen molar-refractivity contribution in [3.8, 4) is 0 Å². The van der Waals surface area contributed by atoms with Gasteiger partial charge in [-0.15, -0.1) is 0 Å². The first-order valence-corrected chi connectivity index (χ1v) is 5.71. The Balaban J connectivity index is 2.07. The summed E-state index contributed by atoms with van der Waals surface area (Å²) in [4.78, 5) is 2.36. The monoisotopic (exact) mass is 257 g/mol. The minimum Gasteiger partial charge on any atom is -0.299 e. The van der Waals surface area contributed by atoms with Gasteiger partial charge in [-0.05, 0) is 49.7 Å². The number of benzene rings is 1. The van der Waals surface area contributed by atoms with Crippen molar-refractivity contribution in [3.63, 3.8) is 0 Å². The lowest BCUT2D eigenvalue weighted by Crippen LogP contribution is -2.18. The quantitative estimate of drug-likeness (QED) is 0.787. The first kappa shape index (κ1) is 10.1. The van der Waals surface area contributed by atoms with Gasteiger partial charge in [-0.25, -0.2) is 4.39 Å². The van der Waals surface area contributed by atoms with Crippen LogP contribution in [-0.4, -0.2) is 18.0 Å². The molecule has 0 aromatic heterocycles. The third-order valence-electron chi connectivity index (χ3n) is 2.53. The summed E-state index contributed by atoms with van der Waals surface area (Å²) in [5.41, 5.74) is 1.05. The van der Waals surface area contributed by atoms with E-state index in [9.17, 15) is 4.39 Å². The molecule has 2 rings (SSSR count). The average molecular weight is 258 g/mol. The van der Waals surface area contributed by atoms with Crippen LogP contribution in [0.25, 0.3) is 0 Å². The van der Waals surface area contributed by atoms with E-state index in [1.54, 1.807) is 6.07 Å². The molecule has 1 aromatic carbocycles. The van der Waals surface area contributed by atoms with E-state index < -0.39 is 0 Å². The Hall–Kier alpha value is -0.410. The molecule has 14 heavy (non-hydrogen) atoms. The van der Waals surface area contributed by atoms with Crippen molar-refractivity contribution in [2.45, 2.75) is 19.4 Å². The lowest BCUT2D eigenvalue weighted by molar-refractivity contribution is 0.331. The van der Waals surface area contributed by atoms with Gasteiger partial charge in [-0.3, -0.25) is 4.90 Å². The zero-order valence-corrected chi connectivity index (χ0v) is 9.56. The second-order valence-electron chi connectivity index (χ2n) is 3.76. The molecule has 1 saturated heterocycles. The van der Waals surface area contributed by atoms with Crippen molar-refractivity contribution in [2.24, 2.45) is 0 Å². The van der Waals surface area contributed by atoms with Crippen LogP contribution in [0, 0.1) is 5.82 Å². The molecular weight excluding hydrogens is 245 g/mol. The number of hydrogen-bond acceptors (Lipinski definition) is 1. The largest absolute Gasteiger partial charge is 0.299 e. The molecule has 1 nitrogen and oxygen atoms in total. The molecule has 0 N–H and O–H groups in total. The van der Waals surface area contributed by atoms with Crippen LogP contribution in [0.3, 0.4) is 0 Å². The maximum Gasteiger partial charge on any atom is 0.124 e. The van der Waals surface area contributed by atoms with Crippen molar-refractivity contribution < 1.29 is 4.39 Å². The van der Waals surface area contributed by atoms with E-state index in [4.69, 9.17) is 0 Å². The van der Waals surface area contributed by atoms with E-state index in [2.05, 4.69) is 20.8 Å². The molecule has 1 aliphatic heterocycles. The number of hydrogen-bond donors (Lipinski definition) is 0. The van der Waals surface area contributed by atoms with Gasteiger partial charge in [0.2, 0.25) is 0 Å². The third kappa shape index (κ3) is 2.55. The summed E-state index contributed by atoms with van der Waals surface area (Å²) >= 11 is 3.30. The van der Waals surface area contributed by atoms with E-state index in [1.807, 2.05) is 6.07 Å². The van der Waals surface area contributed by atoms with Crippen LogP contribution in [0.4, 0.5) is 4.39 Å². The fourth-order valence-corrected chi connectivity index (χ4v) is 2.41. The lowest BCUT2D eigenvalue weighted by atomic mass is 10.2. The van der Waals surface area contributed by atoms with Crippen LogP contribution < -0.4 is 0 Å². The summed E-state index contributed by atoms with van der Waals surface area (Å²) < 4.78 is 13.9. The van der Waals surface area contributed by atoms with E-state index in [0.29, 0.717) is 0 Å². The van der Waals surface area contributed by atoms with Crippen LogP contribution in [-0.2, 0) is 6.54 Å². The number of rotatable bonds is 2. The predicted octanol–water partition coefficient (Wildman–Crippen LogP) is 3.18. The van der Waals surface area contributed by atoms with Crippen molar-refractivity contribution in [1.29, 1.82) is 0 Å². The summed E-state index contributed by atoms with van der Waals surface area (Å²) in [7, 11) is 0. The molecule has 0 radical (unpaired) electrons. The first-order valence-electron chi connectivity index (χ1n) is 4.91. The Morgan fingerprint density at radius 3 is 2.57 bits per heavy atom. The maximum absolute atomic E-state index is 13.1. The van der Waals surface area contributed by atoms with Gasteiger partial charge in [-0.2, -0.15) is 0 Å². The van der Waals surface area contributed by atoms with Crippen molar-refractivity contribution in [1.82, 2.24) is 4.90 Å². The van der Waals surface area contributed by atoms with Crippen LogP contribution in [0.15, 0.2) is 22.7 Å². The number of halogens is 2. The summed E-state index contributed by atoms with van der Waals surface area (Å²) in [6.07, 6.45) is 2.55. The number of likely N-dealkylation sites (tertiary alicyclic amines) is 1. The van der Waals surface area contributed by atoms with E-state index in [1.165, 1.54) is 18.9 Å². The molecule has 3 heteroatoms. The molecular formula is C11H13BrFN. The Kier molecular flexibility index (Phi) is 3.19. The van der Waals surface area contributed by atoms with Gasteiger partial charge in [0.15, 0.2) is 0 Å². The van der Waals surface area contributed by atoms with E-state index >= 15 is 0 Å². The SMILES string of the molecule is Fc1cc(Br)cc(CN2CCCC2)c1. The van der Waals surface area contributed by atoms with E-state index in [-0.39, 0.29) is 5.82 Å². The van der Waals surface area contributed by atoms with Gasteiger partial charge >= 0.3 is 0 Å². The van der Waals surface area contributed by atoms with Gasteiger partial charge in [-0.1, -0.05) is 15.9 Å². The highest BCUT2D eigenvalue weighted by Gasteiger charge is 2.12. The van der Waals surface area contributed by atoms with Crippen LogP contribution >= 0.6 is 15.9 Å². The highest BCUT2D eigenvalue weighted by atomic mass is 79.9. The highest BCUT2D eigenvalue weighted by Crippen LogP contribution is 2.18. The van der Waals surface area contributed by atoms with Crippen LogP contribution in [0.1, 0.15) is 18.4 Å². The third-order valence-corrected chi connectivity index (χ3v) is 2.99. The topological polar surface area (TPSA) is 3.24 Å². The Labute approximate surface area is 92.0 Å². The summed E-state index contributed by atoms with van der Waals surface area (Å²) in [6.45, 7) is 3.17. The van der Waals surface area contributed by atoms with Crippen LogP contribution in [0.2, 0.25) is 0 Å². The normalized spacial score (nSPS) is 17.6. The average Bonchev–Trinajstić information content (AvgIpc) is 2.54. The highest BCUT2D eigenvalue weighted by molar-refractivity contribution is 9.10. The summed E-state index contributed by atoms with van der Waals surface area (Å²) in [6, 6.07) is 5.10. The minimum atomic E-state index is -0.159. The molecule has 0 saturated carbocycles. The molecule has 0 spiro atoms. The Morgan fingerprint density at radius 2 is 1.93 bits per heavy atom. The molecule has 1 heterocycles. The van der Waals surface area contributed by atoms with Gasteiger partial charge in [0.1, 0.15) is 5.82 Å².